The number of likely N-dealkylation sites (tertiary alicyclic amines) is 2. The standard InChI is InChI=1S/C34H52ClN3O4/c1-30(2,3)27(39)38(25-14-16-32(7,8)17-15-25)26-20-33(9,29(41)42)37(21-26)28(40)34(23-10-12-24(35)13-11-23)18-19-36(22-34)31(4,5)6/h10-13,25-26H,14-22H2,1-9H3,(H,41,42)/t26-,33+,34-/m1/s1. The Hall–Kier alpha value is -2.12. The number of hydrogen-bond donors (Lipinski definition) is 1. The third-order valence-corrected chi connectivity index (χ3v) is 10.6. The number of carboxylic acid groups (broad SMARTS) is 1. The number of nitrogens with zero attached hydrogens (tertiary/aromatic N) is 3. The number of halogens is 1. The van der Waals surface area contributed by atoms with Gasteiger partial charge in [0, 0.05) is 48.1 Å². The zero-order chi connectivity index (χ0) is 31.5. The monoisotopic (exact) mass is 601 g/mol. The molecule has 4 rings (SSSR count). The highest BCUT2D eigenvalue weighted by Gasteiger charge is 2.59. The van der Waals surface area contributed by atoms with Gasteiger partial charge in [-0.15, -0.1) is 0 Å². The zero-order valence-electron chi connectivity index (χ0n) is 27.2. The van der Waals surface area contributed by atoms with E-state index in [1.165, 1.54) is 0 Å². The topological polar surface area (TPSA) is 81.2 Å². The molecule has 3 atom stereocenters. The molecule has 0 bridgehead atoms. The molecule has 8 heteroatoms. The van der Waals surface area contributed by atoms with E-state index in [0.717, 1.165) is 37.8 Å². The summed E-state index contributed by atoms with van der Waals surface area (Å²) in [6.45, 7) is 19.9. The predicted octanol–water partition coefficient (Wildman–Crippen LogP) is 6.37. The van der Waals surface area contributed by atoms with Gasteiger partial charge in [0.1, 0.15) is 5.54 Å². The van der Waals surface area contributed by atoms with Crippen molar-refractivity contribution in [1.29, 1.82) is 0 Å². The van der Waals surface area contributed by atoms with Crippen molar-refractivity contribution in [3.05, 3.63) is 34.9 Å². The van der Waals surface area contributed by atoms with E-state index in [1.54, 1.807) is 11.8 Å². The number of carbonyl (C=O) groups is 3. The highest BCUT2D eigenvalue weighted by atomic mass is 35.5. The van der Waals surface area contributed by atoms with E-state index in [9.17, 15) is 19.5 Å². The van der Waals surface area contributed by atoms with Crippen LogP contribution in [0.25, 0.3) is 0 Å². The minimum Gasteiger partial charge on any atom is -0.480 e. The molecular weight excluding hydrogens is 550 g/mol. The van der Waals surface area contributed by atoms with Crippen LogP contribution in [-0.4, -0.2) is 80.4 Å². The molecule has 1 aliphatic carbocycles. The molecule has 1 saturated carbocycles. The fourth-order valence-corrected chi connectivity index (χ4v) is 7.49. The number of carbonyl (C=O) groups excluding carboxylic acids is 2. The van der Waals surface area contributed by atoms with Crippen molar-refractivity contribution >= 4 is 29.4 Å². The maximum atomic E-state index is 14.9. The zero-order valence-corrected chi connectivity index (χ0v) is 28.0. The van der Waals surface area contributed by atoms with Crippen LogP contribution in [0.15, 0.2) is 24.3 Å². The minimum absolute atomic E-state index is 0.0337. The van der Waals surface area contributed by atoms with Gasteiger partial charge in [-0.25, -0.2) is 4.79 Å². The summed E-state index contributed by atoms with van der Waals surface area (Å²) in [7, 11) is 0. The summed E-state index contributed by atoms with van der Waals surface area (Å²) in [5.74, 6) is -1.16. The van der Waals surface area contributed by atoms with Gasteiger partial charge in [-0.3, -0.25) is 14.5 Å². The minimum atomic E-state index is -1.43. The summed E-state index contributed by atoms with van der Waals surface area (Å²) in [5.41, 5.74) is -2.02. The SMILES string of the molecule is CC1(C)CCC(N(C(=O)C(C)(C)C)[C@H]2CN(C(=O)[C@]3(c4ccc(Cl)cc4)CCN(C(C)(C)C)C3)[C@](C)(C(=O)O)C2)CC1. The summed E-state index contributed by atoms with van der Waals surface area (Å²) in [6.07, 6.45) is 4.61. The molecule has 42 heavy (non-hydrogen) atoms. The van der Waals surface area contributed by atoms with E-state index >= 15 is 0 Å². The molecule has 3 aliphatic rings. The molecule has 0 unspecified atom stereocenters. The van der Waals surface area contributed by atoms with Crippen LogP contribution in [0.4, 0.5) is 0 Å². The van der Waals surface area contributed by atoms with Crippen LogP contribution < -0.4 is 0 Å². The van der Waals surface area contributed by atoms with Gasteiger partial charge < -0.3 is 14.9 Å². The number of hydrogen-bond acceptors (Lipinski definition) is 4. The second-order valence-corrected chi connectivity index (χ2v) is 16.6. The van der Waals surface area contributed by atoms with Gasteiger partial charge in [-0.1, -0.05) is 58.4 Å². The van der Waals surface area contributed by atoms with Crippen molar-refractivity contribution in [3.8, 4) is 0 Å². The highest BCUT2D eigenvalue weighted by molar-refractivity contribution is 6.30. The lowest BCUT2D eigenvalue weighted by Crippen LogP contribution is -2.58. The summed E-state index contributed by atoms with van der Waals surface area (Å²) in [6, 6.07) is 7.12. The van der Waals surface area contributed by atoms with Crippen molar-refractivity contribution in [2.45, 2.75) is 129 Å². The van der Waals surface area contributed by atoms with Gasteiger partial charge in [0.15, 0.2) is 0 Å². The van der Waals surface area contributed by atoms with Crippen molar-refractivity contribution in [2.75, 3.05) is 19.6 Å². The van der Waals surface area contributed by atoms with Crippen molar-refractivity contribution in [1.82, 2.24) is 14.7 Å². The van der Waals surface area contributed by atoms with E-state index in [-0.39, 0.29) is 47.8 Å². The summed E-state index contributed by atoms with van der Waals surface area (Å²) in [4.78, 5) is 47.9. The molecule has 2 heterocycles. The Morgan fingerprint density at radius 2 is 1.50 bits per heavy atom. The number of amides is 2. The van der Waals surface area contributed by atoms with E-state index in [1.807, 2.05) is 49.9 Å². The van der Waals surface area contributed by atoms with E-state index in [4.69, 9.17) is 11.6 Å². The lowest BCUT2D eigenvalue weighted by molar-refractivity contribution is -0.157. The first-order chi connectivity index (χ1) is 19.2. The maximum Gasteiger partial charge on any atom is 0.329 e. The molecule has 2 saturated heterocycles. The smallest absolute Gasteiger partial charge is 0.329 e. The van der Waals surface area contributed by atoms with Gasteiger partial charge in [-0.2, -0.15) is 0 Å². The Morgan fingerprint density at radius 1 is 0.929 bits per heavy atom. The fourth-order valence-electron chi connectivity index (χ4n) is 7.36. The van der Waals surface area contributed by atoms with Crippen LogP contribution in [-0.2, 0) is 19.8 Å². The molecule has 1 N–H and O–H groups in total. The summed E-state index contributed by atoms with van der Waals surface area (Å²) < 4.78 is 0. The normalized spacial score (nSPS) is 29.1. The molecule has 7 nitrogen and oxygen atoms in total. The summed E-state index contributed by atoms with van der Waals surface area (Å²) in [5, 5.41) is 11.3. The van der Waals surface area contributed by atoms with Crippen molar-refractivity contribution < 1.29 is 19.5 Å². The Bertz CT molecular complexity index is 1190. The van der Waals surface area contributed by atoms with Gasteiger partial charge in [0.05, 0.1) is 11.5 Å². The number of rotatable bonds is 5. The van der Waals surface area contributed by atoms with Crippen LogP contribution in [0.5, 0.6) is 0 Å². The van der Waals surface area contributed by atoms with Crippen molar-refractivity contribution in [3.63, 3.8) is 0 Å². The van der Waals surface area contributed by atoms with Crippen LogP contribution in [0.1, 0.15) is 106 Å². The average Bonchev–Trinajstić information content (AvgIpc) is 3.48. The molecule has 234 valence electrons. The summed E-state index contributed by atoms with van der Waals surface area (Å²) >= 11 is 6.25. The van der Waals surface area contributed by atoms with E-state index in [2.05, 4.69) is 39.5 Å². The Kier molecular flexibility index (Phi) is 8.67. The Balaban J connectivity index is 1.76. The molecule has 2 amide bonds. The average molecular weight is 602 g/mol. The first kappa shape index (κ1) is 32.8. The first-order valence-electron chi connectivity index (χ1n) is 15.6. The number of benzene rings is 1. The Morgan fingerprint density at radius 3 is 1.98 bits per heavy atom. The molecule has 1 aromatic carbocycles. The molecule has 0 spiro atoms. The van der Waals surface area contributed by atoms with Crippen LogP contribution in [0.2, 0.25) is 5.02 Å². The lowest BCUT2D eigenvalue weighted by atomic mass is 9.74. The highest BCUT2D eigenvalue weighted by Crippen LogP contribution is 2.46. The molecular formula is C34H52ClN3O4. The second kappa shape index (κ2) is 11.1. The van der Waals surface area contributed by atoms with Gasteiger partial charge in [0.2, 0.25) is 11.8 Å². The molecule has 2 aliphatic heterocycles. The predicted molar refractivity (Wildman–Crippen MR) is 168 cm³/mol. The number of carboxylic acids is 1. The second-order valence-electron chi connectivity index (χ2n) is 16.1. The third kappa shape index (κ3) is 6.10. The van der Waals surface area contributed by atoms with Gasteiger partial charge in [0.25, 0.3) is 0 Å². The molecule has 0 radical (unpaired) electrons. The molecule has 1 aromatic rings. The molecule has 3 fully saturated rings. The maximum absolute atomic E-state index is 14.9. The molecule has 0 aromatic heterocycles. The quantitative estimate of drug-likeness (QED) is 0.424. The number of aliphatic carboxylic acids is 1. The van der Waals surface area contributed by atoms with Crippen LogP contribution >= 0.6 is 11.6 Å². The fraction of sp³-hybridized carbons (Fsp3) is 0.735. The largest absolute Gasteiger partial charge is 0.480 e. The third-order valence-electron chi connectivity index (χ3n) is 10.3. The van der Waals surface area contributed by atoms with E-state index < -0.39 is 22.3 Å². The van der Waals surface area contributed by atoms with Crippen molar-refractivity contribution in [2.24, 2.45) is 10.8 Å². The van der Waals surface area contributed by atoms with E-state index in [0.29, 0.717) is 18.0 Å². The lowest BCUT2D eigenvalue weighted by Gasteiger charge is -2.45. The van der Waals surface area contributed by atoms with Crippen LogP contribution in [0.3, 0.4) is 0 Å². The van der Waals surface area contributed by atoms with Gasteiger partial charge >= 0.3 is 5.97 Å². The first-order valence-corrected chi connectivity index (χ1v) is 16.0. The Labute approximate surface area is 257 Å². The van der Waals surface area contributed by atoms with Gasteiger partial charge in [-0.05, 0) is 82.9 Å². The van der Waals surface area contributed by atoms with Crippen LogP contribution in [0, 0.1) is 10.8 Å².